The lowest BCUT2D eigenvalue weighted by Crippen LogP contribution is -2.28. The minimum Gasteiger partial charge on any atom is -0.347 e. The average Bonchev–Trinajstić information content (AvgIpc) is 3.04. The maximum Gasteiger partial charge on any atom is 0.111 e. The normalized spacial score (nSPS) is 18.7. The van der Waals surface area contributed by atoms with E-state index in [0.717, 1.165) is 23.5 Å². The standard InChI is InChI=1S/C14H14N4S/c1-8-3-2-4-12-13(8)18-14(19-12)10-5-9-11(6-15-10)17-7-16-9/h2-4,7,10,15H,5-6H2,1H3,(H,16,17). The maximum absolute atomic E-state index is 4.81. The van der Waals surface area contributed by atoms with Gasteiger partial charge in [0.15, 0.2) is 0 Å². The number of fused-ring (bicyclic) bond motifs is 2. The number of nitrogens with zero attached hydrogens (tertiary/aromatic N) is 2. The van der Waals surface area contributed by atoms with Gasteiger partial charge >= 0.3 is 0 Å². The van der Waals surface area contributed by atoms with Crippen LogP contribution < -0.4 is 5.32 Å². The van der Waals surface area contributed by atoms with E-state index in [9.17, 15) is 0 Å². The number of hydrogen-bond donors (Lipinski definition) is 2. The van der Waals surface area contributed by atoms with Gasteiger partial charge in [0.2, 0.25) is 0 Å². The van der Waals surface area contributed by atoms with Crippen LogP contribution in [0.1, 0.15) is 28.0 Å². The maximum atomic E-state index is 4.81. The molecule has 3 aromatic rings. The predicted molar refractivity (Wildman–Crippen MR) is 76.2 cm³/mol. The lowest BCUT2D eigenvalue weighted by Gasteiger charge is -2.20. The number of aromatic nitrogens is 3. The fraction of sp³-hybridized carbons (Fsp3) is 0.286. The summed E-state index contributed by atoms with van der Waals surface area (Å²) in [5.74, 6) is 0. The molecule has 0 saturated carbocycles. The third-order valence-electron chi connectivity index (χ3n) is 3.67. The second kappa shape index (κ2) is 4.15. The van der Waals surface area contributed by atoms with Crippen LogP contribution >= 0.6 is 11.3 Å². The number of thiazole rings is 1. The van der Waals surface area contributed by atoms with E-state index >= 15 is 0 Å². The Bertz CT molecular complexity index is 743. The highest BCUT2D eigenvalue weighted by molar-refractivity contribution is 7.18. The van der Waals surface area contributed by atoms with Gasteiger partial charge in [0, 0.05) is 13.0 Å². The first-order valence-corrected chi connectivity index (χ1v) is 7.23. The van der Waals surface area contributed by atoms with Gasteiger partial charge in [-0.05, 0) is 18.6 Å². The number of para-hydroxylation sites is 1. The topological polar surface area (TPSA) is 53.6 Å². The highest BCUT2D eigenvalue weighted by Gasteiger charge is 2.24. The Kier molecular flexibility index (Phi) is 2.43. The molecule has 0 bridgehead atoms. The number of H-pyrrole nitrogens is 1. The molecule has 1 aliphatic heterocycles. The van der Waals surface area contributed by atoms with Crippen LogP contribution in [-0.4, -0.2) is 15.0 Å². The summed E-state index contributed by atoms with van der Waals surface area (Å²) in [6.45, 7) is 2.96. The van der Waals surface area contributed by atoms with Crippen molar-refractivity contribution in [3.63, 3.8) is 0 Å². The van der Waals surface area contributed by atoms with Crippen LogP contribution in [0.2, 0.25) is 0 Å². The van der Waals surface area contributed by atoms with Gasteiger partial charge in [0.25, 0.3) is 0 Å². The molecule has 96 valence electrons. The van der Waals surface area contributed by atoms with E-state index in [2.05, 4.69) is 40.4 Å². The van der Waals surface area contributed by atoms with Gasteiger partial charge in [-0.1, -0.05) is 12.1 Å². The van der Waals surface area contributed by atoms with Crippen LogP contribution in [0, 0.1) is 6.92 Å². The van der Waals surface area contributed by atoms with Crippen molar-refractivity contribution in [3.8, 4) is 0 Å². The fourth-order valence-electron chi connectivity index (χ4n) is 2.60. The molecular formula is C14H14N4S. The summed E-state index contributed by atoms with van der Waals surface area (Å²) < 4.78 is 1.27. The lowest BCUT2D eigenvalue weighted by atomic mass is 10.1. The first-order chi connectivity index (χ1) is 9.31. The quantitative estimate of drug-likeness (QED) is 0.715. The van der Waals surface area contributed by atoms with E-state index in [-0.39, 0.29) is 6.04 Å². The second-order valence-electron chi connectivity index (χ2n) is 4.94. The van der Waals surface area contributed by atoms with Crippen LogP contribution in [0.5, 0.6) is 0 Å². The Labute approximate surface area is 114 Å². The third kappa shape index (κ3) is 1.77. The predicted octanol–water partition coefficient (Wildman–Crippen LogP) is 2.71. The van der Waals surface area contributed by atoms with Crippen LogP contribution in [-0.2, 0) is 13.0 Å². The van der Waals surface area contributed by atoms with Crippen molar-refractivity contribution < 1.29 is 0 Å². The molecule has 0 radical (unpaired) electrons. The van der Waals surface area contributed by atoms with Crippen molar-refractivity contribution in [1.82, 2.24) is 20.3 Å². The van der Waals surface area contributed by atoms with E-state index in [4.69, 9.17) is 4.98 Å². The highest BCUT2D eigenvalue weighted by Crippen LogP contribution is 2.31. The van der Waals surface area contributed by atoms with Crippen molar-refractivity contribution in [1.29, 1.82) is 0 Å². The molecule has 1 aromatic carbocycles. The largest absolute Gasteiger partial charge is 0.347 e. The van der Waals surface area contributed by atoms with Gasteiger partial charge in [-0.3, -0.25) is 0 Å². The minimum absolute atomic E-state index is 0.285. The van der Waals surface area contributed by atoms with E-state index < -0.39 is 0 Å². The molecule has 0 spiro atoms. The molecule has 3 heterocycles. The van der Waals surface area contributed by atoms with Gasteiger partial charge in [-0.15, -0.1) is 11.3 Å². The van der Waals surface area contributed by atoms with Crippen LogP contribution in [0.3, 0.4) is 0 Å². The molecule has 1 atom stereocenters. The average molecular weight is 270 g/mol. The number of aryl methyl sites for hydroxylation is 1. The Balaban J connectivity index is 1.74. The number of nitrogens with one attached hydrogen (secondary N) is 2. The fourth-order valence-corrected chi connectivity index (χ4v) is 3.72. The minimum atomic E-state index is 0.285. The molecule has 1 unspecified atom stereocenters. The van der Waals surface area contributed by atoms with E-state index in [1.165, 1.54) is 21.7 Å². The third-order valence-corrected chi connectivity index (χ3v) is 4.80. The van der Waals surface area contributed by atoms with E-state index in [1.54, 1.807) is 17.7 Å². The van der Waals surface area contributed by atoms with Crippen LogP contribution in [0.4, 0.5) is 0 Å². The van der Waals surface area contributed by atoms with E-state index in [1.807, 2.05) is 0 Å². The molecule has 0 saturated heterocycles. The van der Waals surface area contributed by atoms with Gasteiger partial charge in [-0.2, -0.15) is 0 Å². The first kappa shape index (κ1) is 11.1. The Morgan fingerprint density at radius 1 is 1.37 bits per heavy atom. The number of benzene rings is 1. The highest BCUT2D eigenvalue weighted by atomic mass is 32.1. The molecule has 2 aromatic heterocycles. The molecule has 0 amide bonds. The SMILES string of the molecule is Cc1cccc2sc(C3Cc4nc[nH]c4CN3)nc12. The summed E-state index contributed by atoms with van der Waals surface area (Å²) in [6.07, 6.45) is 2.69. The van der Waals surface area contributed by atoms with Crippen molar-refractivity contribution >= 4 is 21.6 Å². The molecule has 1 aliphatic rings. The Hall–Kier alpha value is -1.72. The summed E-state index contributed by atoms with van der Waals surface area (Å²) in [6, 6.07) is 6.64. The van der Waals surface area contributed by atoms with E-state index in [0.29, 0.717) is 0 Å². The molecule has 4 nitrogen and oxygen atoms in total. The molecule has 4 rings (SSSR count). The number of imidazole rings is 1. The molecule has 5 heteroatoms. The monoisotopic (exact) mass is 270 g/mol. The van der Waals surface area contributed by atoms with Gasteiger partial charge in [0.1, 0.15) is 5.01 Å². The van der Waals surface area contributed by atoms with Gasteiger partial charge in [-0.25, -0.2) is 9.97 Å². The lowest BCUT2D eigenvalue weighted by molar-refractivity contribution is 0.488. The summed E-state index contributed by atoms with van der Waals surface area (Å²) in [4.78, 5) is 12.4. The Morgan fingerprint density at radius 2 is 2.32 bits per heavy atom. The van der Waals surface area contributed by atoms with Crippen LogP contribution in [0.25, 0.3) is 10.2 Å². The number of rotatable bonds is 1. The number of hydrogen-bond acceptors (Lipinski definition) is 4. The molecular weight excluding hydrogens is 256 g/mol. The summed E-state index contributed by atoms with van der Waals surface area (Å²) in [7, 11) is 0. The van der Waals surface area contributed by atoms with Crippen LogP contribution in [0.15, 0.2) is 24.5 Å². The Morgan fingerprint density at radius 3 is 3.21 bits per heavy atom. The first-order valence-electron chi connectivity index (χ1n) is 6.42. The second-order valence-corrected chi connectivity index (χ2v) is 6.00. The summed E-state index contributed by atoms with van der Waals surface area (Å²) in [5, 5.41) is 4.70. The van der Waals surface area contributed by atoms with Crippen molar-refractivity contribution in [2.75, 3.05) is 0 Å². The number of aromatic amines is 1. The van der Waals surface area contributed by atoms with Gasteiger partial charge < -0.3 is 10.3 Å². The van der Waals surface area contributed by atoms with Gasteiger partial charge in [0.05, 0.1) is 34.0 Å². The zero-order valence-electron chi connectivity index (χ0n) is 10.6. The zero-order chi connectivity index (χ0) is 12.8. The summed E-state index contributed by atoms with van der Waals surface area (Å²) in [5.41, 5.74) is 4.75. The molecule has 0 fully saturated rings. The van der Waals surface area contributed by atoms with Crippen molar-refractivity contribution in [2.24, 2.45) is 0 Å². The molecule has 19 heavy (non-hydrogen) atoms. The molecule has 0 aliphatic carbocycles. The zero-order valence-corrected chi connectivity index (χ0v) is 11.4. The molecule has 2 N–H and O–H groups in total. The van der Waals surface area contributed by atoms with Crippen molar-refractivity contribution in [3.05, 3.63) is 46.5 Å². The summed E-state index contributed by atoms with van der Waals surface area (Å²) >= 11 is 1.78. The smallest absolute Gasteiger partial charge is 0.111 e. The van der Waals surface area contributed by atoms with Crippen molar-refractivity contribution in [2.45, 2.75) is 25.9 Å².